The van der Waals surface area contributed by atoms with Gasteiger partial charge in [-0.15, -0.1) is 0 Å². The molecule has 2 aromatic carbocycles. The molecule has 0 aliphatic heterocycles. The van der Waals surface area contributed by atoms with E-state index in [9.17, 15) is 14.9 Å². The fraction of sp³-hybridized carbons (Fsp3) is 0.235. The van der Waals surface area contributed by atoms with Gasteiger partial charge in [-0.25, -0.2) is 4.79 Å². The molecule has 0 fully saturated rings. The standard InChI is InChI=1S/C17H19ClN4O3/c1-12(13-2-4-14(18)5-3-13)21-17(23)20-11-10-19-15-6-8-16(9-7-15)22(24)25/h2-9,12,19H,10-11H2,1H3,(H2,20,21,23). The zero-order valence-electron chi connectivity index (χ0n) is 13.7. The summed E-state index contributed by atoms with van der Waals surface area (Å²) >= 11 is 5.84. The zero-order valence-corrected chi connectivity index (χ0v) is 14.4. The van der Waals surface area contributed by atoms with Crippen LogP contribution in [0.4, 0.5) is 16.2 Å². The number of benzene rings is 2. The smallest absolute Gasteiger partial charge is 0.315 e. The third kappa shape index (κ3) is 5.96. The Morgan fingerprint density at radius 2 is 1.76 bits per heavy atom. The fourth-order valence-electron chi connectivity index (χ4n) is 2.17. The minimum Gasteiger partial charge on any atom is -0.383 e. The van der Waals surface area contributed by atoms with Gasteiger partial charge in [0.1, 0.15) is 0 Å². The first-order valence-corrected chi connectivity index (χ1v) is 8.11. The van der Waals surface area contributed by atoms with Crippen molar-refractivity contribution in [2.45, 2.75) is 13.0 Å². The van der Waals surface area contributed by atoms with Gasteiger partial charge in [-0.3, -0.25) is 10.1 Å². The molecule has 0 saturated carbocycles. The number of nitro groups is 1. The van der Waals surface area contributed by atoms with E-state index in [1.807, 2.05) is 19.1 Å². The average Bonchev–Trinajstić information content (AvgIpc) is 2.59. The van der Waals surface area contributed by atoms with Crippen molar-refractivity contribution in [3.8, 4) is 0 Å². The maximum Gasteiger partial charge on any atom is 0.315 e. The molecule has 7 nitrogen and oxygen atoms in total. The number of halogens is 1. The van der Waals surface area contributed by atoms with Gasteiger partial charge in [-0.1, -0.05) is 23.7 Å². The van der Waals surface area contributed by atoms with Crippen LogP contribution in [0.2, 0.25) is 5.02 Å². The van der Waals surface area contributed by atoms with E-state index in [-0.39, 0.29) is 17.8 Å². The number of hydrogen-bond acceptors (Lipinski definition) is 4. The highest BCUT2D eigenvalue weighted by atomic mass is 35.5. The van der Waals surface area contributed by atoms with Crippen LogP contribution in [-0.4, -0.2) is 24.0 Å². The second-order valence-electron chi connectivity index (χ2n) is 5.40. The van der Waals surface area contributed by atoms with E-state index in [0.717, 1.165) is 11.3 Å². The molecule has 0 heterocycles. The number of non-ortho nitro benzene ring substituents is 1. The highest BCUT2D eigenvalue weighted by molar-refractivity contribution is 6.30. The molecule has 0 aliphatic rings. The molecule has 25 heavy (non-hydrogen) atoms. The van der Waals surface area contributed by atoms with Gasteiger partial charge in [0, 0.05) is 35.9 Å². The molecular formula is C17H19ClN4O3. The molecule has 0 bridgehead atoms. The number of anilines is 1. The molecule has 2 aromatic rings. The lowest BCUT2D eigenvalue weighted by Crippen LogP contribution is -2.39. The van der Waals surface area contributed by atoms with Gasteiger partial charge < -0.3 is 16.0 Å². The van der Waals surface area contributed by atoms with E-state index in [2.05, 4.69) is 16.0 Å². The number of urea groups is 1. The third-order valence-corrected chi connectivity index (χ3v) is 3.79. The summed E-state index contributed by atoms with van der Waals surface area (Å²) in [5, 5.41) is 19.9. The molecule has 0 aromatic heterocycles. The molecule has 2 amide bonds. The van der Waals surface area contributed by atoms with Crippen molar-refractivity contribution in [3.05, 3.63) is 69.2 Å². The van der Waals surface area contributed by atoms with Gasteiger partial charge in [-0.05, 0) is 36.8 Å². The minimum absolute atomic E-state index is 0.0410. The summed E-state index contributed by atoms with van der Waals surface area (Å²) in [4.78, 5) is 22.0. The number of nitrogens with zero attached hydrogens (tertiary/aromatic N) is 1. The third-order valence-electron chi connectivity index (χ3n) is 3.54. The van der Waals surface area contributed by atoms with Crippen LogP contribution in [0, 0.1) is 10.1 Å². The van der Waals surface area contributed by atoms with Gasteiger partial charge in [0.2, 0.25) is 0 Å². The molecule has 1 unspecified atom stereocenters. The normalized spacial score (nSPS) is 11.4. The molecule has 3 N–H and O–H groups in total. The van der Waals surface area contributed by atoms with Gasteiger partial charge in [-0.2, -0.15) is 0 Å². The molecule has 8 heteroatoms. The Balaban J connectivity index is 1.69. The number of nitro benzene ring substituents is 1. The summed E-state index contributed by atoms with van der Waals surface area (Å²) in [5.74, 6) is 0. The van der Waals surface area contributed by atoms with E-state index in [0.29, 0.717) is 18.1 Å². The first-order valence-electron chi connectivity index (χ1n) is 7.74. The lowest BCUT2D eigenvalue weighted by atomic mass is 10.1. The Labute approximate surface area is 150 Å². The van der Waals surface area contributed by atoms with Crippen molar-refractivity contribution < 1.29 is 9.72 Å². The lowest BCUT2D eigenvalue weighted by molar-refractivity contribution is -0.384. The van der Waals surface area contributed by atoms with Crippen LogP contribution in [0.5, 0.6) is 0 Å². The molecular weight excluding hydrogens is 344 g/mol. The number of amides is 2. The van der Waals surface area contributed by atoms with Gasteiger partial charge >= 0.3 is 6.03 Å². The van der Waals surface area contributed by atoms with Gasteiger partial charge in [0.25, 0.3) is 5.69 Å². The fourth-order valence-corrected chi connectivity index (χ4v) is 2.29. The van der Waals surface area contributed by atoms with Gasteiger partial charge in [0.15, 0.2) is 0 Å². The predicted octanol–water partition coefficient (Wildman–Crippen LogP) is 3.72. The summed E-state index contributed by atoms with van der Waals surface area (Å²) in [5.41, 5.74) is 1.75. The Bertz CT molecular complexity index is 720. The summed E-state index contributed by atoms with van der Waals surface area (Å²) in [6.45, 7) is 2.80. The molecule has 0 spiro atoms. The quantitative estimate of drug-likeness (QED) is 0.397. The maximum absolute atomic E-state index is 11.9. The Morgan fingerprint density at radius 1 is 1.12 bits per heavy atom. The van der Waals surface area contributed by atoms with Crippen LogP contribution >= 0.6 is 11.6 Å². The monoisotopic (exact) mass is 362 g/mol. The average molecular weight is 363 g/mol. The van der Waals surface area contributed by atoms with Crippen LogP contribution in [0.25, 0.3) is 0 Å². The molecule has 1 atom stereocenters. The first-order chi connectivity index (χ1) is 12.0. The van der Waals surface area contributed by atoms with Crippen LogP contribution in [0.15, 0.2) is 48.5 Å². The molecule has 0 radical (unpaired) electrons. The van der Waals surface area contributed by atoms with E-state index < -0.39 is 4.92 Å². The van der Waals surface area contributed by atoms with E-state index in [1.165, 1.54) is 12.1 Å². The lowest BCUT2D eigenvalue weighted by Gasteiger charge is -2.15. The van der Waals surface area contributed by atoms with E-state index in [4.69, 9.17) is 11.6 Å². The van der Waals surface area contributed by atoms with Crippen LogP contribution in [0.1, 0.15) is 18.5 Å². The SMILES string of the molecule is CC(NC(=O)NCCNc1ccc([N+](=O)[O-])cc1)c1ccc(Cl)cc1. The second kappa shape index (κ2) is 8.89. The van der Waals surface area contributed by atoms with Crippen LogP contribution in [0.3, 0.4) is 0 Å². The minimum atomic E-state index is -0.447. The first kappa shape index (κ1) is 18.5. The number of nitrogens with one attached hydrogen (secondary N) is 3. The predicted molar refractivity (Wildman–Crippen MR) is 98.0 cm³/mol. The maximum atomic E-state index is 11.9. The zero-order chi connectivity index (χ0) is 18.2. The summed E-state index contributed by atoms with van der Waals surface area (Å²) in [7, 11) is 0. The summed E-state index contributed by atoms with van der Waals surface area (Å²) in [6, 6.07) is 13.0. The summed E-state index contributed by atoms with van der Waals surface area (Å²) < 4.78 is 0. The number of carbonyl (C=O) groups excluding carboxylic acids is 1. The Kier molecular flexibility index (Phi) is 6.59. The van der Waals surface area contributed by atoms with Crippen molar-refractivity contribution >= 4 is 29.0 Å². The summed E-state index contributed by atoms with van der Waals surface area (Å²) in [6.07, 6.45) is 0. The van der Waals surface area contributed by atoms with E-state index in [1.54, 1.807) is 24.3 Å². The Hall–Kier alpha value is -2.80. The van der Waals surface area contributed by atoms with E-state index >= 15 is 0 Å². The van der Waals surface area contributed by atoms with Crippen molar-refractivity contribution in [2.75, 3.05) is 18.4 Å². The molecule has 0 saturated heterocycles. The largest absolute Gasteiger partial charge is 0.383 e. The van der Waals surface area contributed by atoms with Crippen molar-refractivity contribution in [3.63, 3.8) is 0 Å². The van der Waals surface area contributed by atoms with Gasteiger partial charge in [0.05, 0.1) is 11.0 Å². The van der Waals surface area contributed by atoms with Crippen LogP contribution in [-0.2, 0) is 0 Å². The van der Waals surface area contributed by atoms with Crippen molar-refractivity contribution in [1.82, 2.24) is 10.6 Å². The molecule has 0 aliphatic carbocycles. The van der Waals surface area contributed by atoms with Crippen molar-refractivity contribution in [1.29, 1.82) is 0 Å². The molecule has 132 valence electrons. The number of rotatable bonds is 7. The van der Waals surface area contributed by atoms with Crippen LogP contribution < -0.4 is 16.0 Å². The highest BCUT2D eigenvalue weighted by Crippen LogP contribution is 2.16. The Morgan fingerprint density at radius 3 is 2.36 bits per heavy atom. The van der Waals surface area contributed by atoms with Crippen molar-refractivity contribution in [2.24, 2.45) is 0 Å². The second-order valence-corrected chi connectivity index (χ2v) is 5.84. The highest BCUT2D eigenvalue weighted by Gasteiger charge is 2.09. The number of carbonyl (C=O) groups is 1. The molecule has 2 rings (SSSR count). The number of hydrogen-bond donors (Lipinski definition) is 3. The topological polar surface area (TPSA) is 96.3 Å².